The Bertz CT molecular complexity index is 935. The van der Waals surface area contributed by atoms with Crippen LogP contribution in [0.5, 0.6) is 0 Å². The third-order valence-corrected chi connectivity index (χ3v) is 3.68. The Balaban J connectivity index is 1.97. The van der Waals surface area contributed by atoms with Crippen LogP contribution in [-0.4, -0.2) is 20.6 Å². The average molecular weight is 340 g/mol. The third-order valence-electron chi connectivity index (χ3n) is 3.68. The standard InChI is InChI=1S/C19H14F2N2O2/c20-14-4-6-15(18(21)11-14)17-10-13(3-5-16(17)19(24)25)2-1-8-23-9-7-22-12-23/h1-7,9-12H,8H2,(H,24,25). The molecule has 1 heterocycles. The fourth-order valence-corrected chi connectivity index (χ4v) is 2.49. The van der Waals surface area contributed by atoms with E-state index in [1.54, 1.807) is 30.7 Å². The second-order valence-corrected chi connectivity index (χ2v) is 5.40. The number of nitrogens with zero attached hydrogens (tertiary/aromatic N) is 2. The molecular weight excluding hydrogens is 326 g/mol. The molecule has 1 aromatic heterocycles. The summed E-state index contributed by atoms with van der Waals surface area (Å²) in [5.41, 5.74) is 0.916. The zero-order chi connectivity index (χ0) is 17.8. The average Bonchev–Trinajstić information content (AvgIpc) is 3.08. The normalized spacial score (nSPS) is 11.1. The molecule has 3 rings (SSSR count). The predicted octanol–water partition coefficient (Wildman–Crippen LogP) is 4.24. The largest absolute Gasteiger partial charge is 0.478 e. The summed E-state index contributed by atoms with van der Waals surface area (Å²) in [5.74, 6) is -2.69. The van der Waals surface area contributed by atoms with Gasteiger partial charge in [-0.05, 0) is 35.4 Å². The molecule has 2 aromatic carbocycles. The molecule has 25 heavy (non-hydrogen) atoms. The van der Waals surface area contributed by atoms with Gasteiger partial charge in [0.15, 0.2) is 0 Å². The molecule has 0 aliphatic rings. The molecule has 0 unspecified atom stereocenters. The highest BCUT2D eigenvalue weighted by Gasteiger charge is 2.15. The number of benzene rings is 2. The molecule has 0 radical (unpaired) electrons. The SMILES string of the molecule is O=C(O)c1ccc(C=CCn2ccnc2)cc1-c1ccc(F)cc1F. The minimum Gasteiger partial charge on any atom is -0.478 e. The van der Waals surface area contributed by atoms with E-state index in [-0.39, 0.29) is 16.7 Å². The lowest BCUT2D eigenvalue weighted by atomic mass is 9.96. The van der Waals surface area contributed by atoms with Gasteiger partial charge in [0.1, 0.15) is 11.6 Å². The molecule has 0 atom stereocenters. The van der Waals surface area contributed by atoms with Gasteiger partial charge in [0.05, 0.1) is 11.9 Å². The Morgan fingerprint density at radius 3 is 2.68 bits per heavy atom. The highest BCUT2D eigenvalue weighted by atomic mass is 19.1. The van der Waals surface area contributed by atoms with Crippen molar-refractivity contribution in [1.82, 2.24) is 9.55 Å². The van der Waals surface area contributed by atoms with E-state index < -0.39 is 17.6 Å². The van der Waals surface area contributed by atoms with Crippen molar-refractivity contribution in [3.63, 3.8) is 0 Å². The maximum absolute atomic E-state index is 14.1. The molecule has 0 amide bonds. The summed E-state index contributed by atoms with van der Waals surface area (Å²) < 4.78 is 29.1. The van der Waals surface area contributed by atoms with Gasteiger partial charge in [0.2, 0.25) is 0 Å². The van der Waals surface area contributed by atoms with Crippen LogP contribution in [-0.2, 0) is 6.54 Å². The van der Waals surface area contributed by atoms with Crippen LogP contribution in [0.4, 0.5) is 8.78 Å². The molecule has 0 saturated heterocycles. The minimum atomic E-state index is -1.17. The van der Waals surface area contributed by atoms with Crippen LogP contribution in [0, 0.1) is 11.6 Å². The molecule has 1 N–H and O–H groups in total. The number of aromatic carboxylic acids is 1. The van der Waals surface area contributed by atoms with Crippen LogP contribution in [0.3, 0.4) is 0 Å². The van der Waals surface area contributed by atoms with Gasteiger partial charge in [-0.25, -0.2) is 18.6 Å². The number of allylic oxidation sites excluding steroid dienone is 1. The maximum atomic E-state index is 14.1. The van der Waals surface area contributed by atoms with E-state index in [1.807, 2.05) is 16.8 Å². The van der Waals surface area contributed by atoms with Gasteiger partial charge in [-0.1, -0.05) is 18.2 Å². The first-order chi connectivity index (χ1) is 12.0. The molecule has 0 aliphatic carbocycles. The van der Waals surface area contributed by atoms with Crippen molar-refractivity contribution in [3.05, 3.63) is 84.0 Å². The van der Waals surface area contributed by atoms with Crippen molar-refractivity contribution in [1.29, 1.82) is 0 Å². The minimum absolute atomic E-state index is 0.0442. The summed E-state index contributed by atoms with van der Waals surface area (Å²) in [4.78, 5) is 15.4. The van der Waals surface area contributed by atoms with Crippen LogP contribution >= 0.6 is 0 Å². The first-order valence-corrected chi connectivity index (χ1v) is 7.49. The van der Waals surface area contributed by atoms with Gasteiger partial charge < -0.3 is 9.67 Å². The zero-order valence-electron chi connectivity index (χ0n) is 13.1. The van der Waals surface area contributed by atoms with E-state index in [2.05, 4.69) is 4.98 Å². The van der Waals surface area contributed by atoms with Crippen molar-refractivity contribution < 1.29 is 18.7 Å². The predicted molar refractivity (Wildman–Crippen MR) is 90.0 cm³/mol. The van der Waals surface area contributed by atoms with Crippen molar-refractivity contribution in [3.8, 4) is 11.1 Å². The monoisotopic (exact) mass is 340 g/mol. The number of hydrogen-bond acceptors (Lipinski definition) is 2. The summed E-state index contributed by atoms with van der Waals surface area (Å²) in [5, 5.41) is 9.34. The molecule has 0 bridgehead atoms. The number of aromatic nitrogens is 2. The Morgan fingerprint density at radius 2 is 2.00 bits per heavy atom. The van der Waals surface area contributed by atoms with Gasteiger partial charge in [0, 0.05) is 30.6 Å². The molecule has 0 aliphatic heterocycles. The summed E-state index contributed by atoms with van der Waals surface area (Å²) in [6, 6.07) is 7.71. The van der Waals surface area contributed by atoms with E-state index in [1.165, 1.54) is 12.1 Å². The van der Waals surface area contributed by atoms with Gasteiger partial charge in [-0.2, -0.15) is 0 Å². The number of carbonyl (C=O) groups is 1. The maximum Gasteiger partial charge on any atom is 0.336 e. The first kappa shape index (κ1) is 16.6. The summed E-state index contributed by atoms with van der Waals surface area (Å²) >= 11 is 0. The van der Waals surface area contributed by atoms with Crippen LogP contribution in [0.2, 0.25) is 0 Å². The number of carboxylic acid groups (broad SMARTS) is 1. The van der Waals surface area contributed by atoms with Crippen LogP contribution < -0.4 is 0 Å². The van der Waals surface area contributed by atoms with Crippen LogP contribution in [0.1, 0.15) is 15.9 Å². The van der Waals surface area contributed by atoms with Crippen molar-refractivity contribution in [2.24, 2.45) is 0 Å². The van der Waals surface area contributed by atoms with E-state index in [4.69, 9.17) is 0 Å². The number of carboxylic acids is 1. The molecule has 3 aromatic rings. The number of rotatable bonds is 5. The lowest BCUT2D eigenvalue weighted by Gasteiger charge is -2.09. The van der Waals surface area contributed by atoms with Crippen LogP contribution in [0.15, 0.2) is 61.2 Å². The van der Waals surface area contributed by atoms with E-state index in [0.717, 1.165) is 12.1 Å². The number of hydrogen-bond donors (Lipinski definition) is 1. The zero-order valence-corrected chi connectivity index (χ0v) is 13.1. The summed E-state index contributed by atoms with van der Waals surface area (Å²) in [6.45, 7) is 0.598. The molecular formula is C19H14F2N2O2. The lowest BCUT2D eigenvalue weighted by molar-refractivity contribution is 0.0697. The Hall–Kier alpha value is -3.28. The molecule has 6 heteroatoms. The van der Waals surface area contributed by atoms with E-state index in [0.29, 0.717) is 12.1 Å². The molecule has 4 nitrogen and oxygen atoms in total. The number of halogens is 2. The second kappa shape index (κ2) is 7.09. The van der Waals surface area contributed by atoms with Crippen molar-refractivity contribution in [2.75, 3.05) is 0 Å². The lowest BCUT2D eigenvalue weighted by Crippen LogP contribution is -2.01. The number of imidazole rings is 1. The fraction of sp³-hybridized carbons (Fsp3) is 0.0526. The Morgan fingerprint density at radius 1 is 1.16 bits per heavy atom. The van der Waals surface area contributed by atoms with E-state index in [9.17, 15) is 18.7 Å². The Labute approximate surface area is 142 Å². The highest BCUT2D eigenvalue weighted by molar-refractivity contribution is 5.96. The second-order valence-electron chi connectivity index (χ2n) is 5.40. The topological polar surface area (TPSA) is 55.1 Å². The molecule has 0 fully saturated rings. The van der Waals surface area contributed by atoms with Gasteiger partial charge in [-0.3, -0.25) is 0 Å². The highest BCUT2D eigenvalue weighted by Crippen LogP contribution is 2.28. The first-order valence-electron chi connectivity index (χ1n) is 7.49. The third kappa shape index (κ3) is 3.80. The fourth-order valence-electron chi connectivity index (χ4n) is 2.49. The smallest absolute Gasteiger partial charge is 0.336 e. The van der Waals surface area contributed by atoms with Gasteiger partial charge in [0.25, 0.3) is 0 Å². The van der Waals surface area contributed by atoms with E-state index >= 15 is 0 Å². The molecule has 126 valence electrons. The summed E-state index contributed by atoms with van der Waals surface area (Å²) in [6.07, 6.45) is 8.85. The van der Waals surface area contributed by atoms with Gasteiger partial charge in [-0.15, -0.1) is 0 Å². The van der Waals surface area contributed by atoms with Crippen molar-refractivity contribution >= 4 is 12.0 Å². The summed E-state index contributed by atoms with van der Waals surface area (Å²) in [7, 11) is 0. The quantitative estimate of drug-likeness (QED) is 0.756. The van der Waals surface area contributed by atoms with Crippen LogP contribution in [0.25, 0.3) is 17.2 Å². The van der Waals surface area contributed by atoms with Crippen molar-refractivity contribution in [2.45, 2.75) is 6.54 Å². The molecule has 0 spiro atoms. The van der Waals surface area contributed by atoms with Gasteiger partial charge >= 0.3 is 5.97 Å². The Kier molecular flexibility index (Phi) is 4.70. The molecule has 0 saturated carbocycles.